The predicted molar refractivity (Wildman–Crippen MR) is 137 cm³/mol. The number of oxazole rings is 1. The molecule has 40 heavy (non-hydrogen) atoms. The molecule has 0 spiro atoms. The van der Waals surface area contributed by atoms with Gasteiger partial charge in [0, 0.05) is 17.5 Å². The van der Waals surface area contributed by atoms with Crippen molar-refractivity contribution < 1.29 is 41.0 Å². The summed E-state index contributed by atoms with van der Waals surface area (Å²) < 4.78 is 70.3. The smallest absolute Gasteiger partial charge is 0.433 e. The lowest BCUT2D eigenvalue weighted by Crippen LogP contribution is -2.38. The first-order valence-electron chi connectivity index (χ1n) is 12.7. The van der Waals surface area contributed by atoms with Crippen molar-refractivity contribution in [1.82, 2.24) is 20.2 Å². The summed E-state index contributed by atoms with van der Waals surface area (Å²) in [6.07, 6.45) is -4.35. The van der Waals surface area contributed by atoms with E-state index in [1.807, 2.05) is 0 Å². The van der Waals surface area contributed by atoms with Gasteiger partial charge in [-0.1, -0.05) is 0 Å². The Bertz CT molecular complexity index is 1420. The maximum Gasteiger partial charge on any atom is 0.433 e. The van der Waals surface area contributed by atoms with Gasteiger partial charge in [-0.3, -0.25) is 4.79 Å². The van der Waals surface area contributed by atoms with Crippen LogP contribution in [-0.2, 0) is 10.9 Å². The van der Waals surface area contributed by atoms with Gasteiger partial charge in [0.1, 0.15) is 29.2 Å². The predicted octanol–water partition coefficient (Wildman–Crippen LogP) is 6.08. The second kappa shape index (κ2) is 10.9. The number of pyridine rings is 1. The van der Waals surface area contributed by atoms with Crippen molar-refractivity contribution in [2.75, 3.05) is 20.3 Å². The molecule has 3 heterocycles. The van der Waals surface area contributed by atoms with E-state index >= 15 is 0 Å². The maximum absolute atomic E-state index is 13.6. The highest BCUT2D eigenvalue weighted by Crippen LogP contribution is 2.38. The number of amides is 2. The van der Waals surface area contributed by atoms with Crippen LogP contribution in [0, 0.1) is 0 Å². The number of methoxy groups -OCH3 is 1. The summed E-state index contributed by atoms with van der Waals surface area (Å²) in [7, 11) is 1.30. The fourth-order valence-corrected chi connectivity index (χ4v) is 4.54. The summed E-state index contributed by atoms with van der Waals surface area (Å²) in [5, 5.41) is 2.84. The number of halogens is 4. The second-order valence-electron chi connectivity index (χ2n) is 10.5. The van der Waals surface area contributed by atoms with Crippen LogP contribution < -0.4 is 10.1 Å². The number of nitrogens with one attached hydrogen (secondary N) is 1. The molecule has 0 bridgehead atoms. The summed E-state index contributed by atoms with van der Waals surface area (Å²) in [5.41, 5.74) is -1.89. The van der Waals surface area contributed by atoms with Crippen LogP contribution in [0.25, 0.3) is 22.4 Å². The molecule has 2 atom stereocenters. The van der Waals surface area contributed by atoms with E-state index in [4.69, 9.17) is 13.9 Å². The Hall–Kier alpha value is -3.90. The van der Waals surface area contributed by atoms with Crippen molar-refractivity contribution in [3.8, 4) is 17.2 Å². The van der Waals surface area contributed by atoms with Crippen molar-refractivity contribution >= 4 is 22.9 Å². The number of rotatable bonds is 6. The lowest BCUT2D eigenvalue weighted by molar-refractivity contribution is -0.140. The van der Waals surface area contributed by atoms with Gasteiger partial charge in [-0.05, 0) is 64.8 Å². The third kappa shape index (κ3) is 5.97. The summed E-state index contributed by atoms with van der Waals surface area (Å²) in [6, 6.07) is 3.45. The molecule has 1 aliphatic heterocycles. The van der Waals surface area contributed by atoms with E-state index in [-0.39, 0.29) is 39.6 Å². The Morgan fingerprint density at radius 3 is 2.52 bits per heavy atom. The average molecular weight is 567 g/mol. The van der Waals surface area contributed by atoms with Crippen LogP contribution in [0.2, 0.25) is 0 Å². The zero-order chi connectivity index (χ0) is 29.4. The zero-order valence-corrected chi connectivity index (χ0v) is 22.7. The van der Waals surface area contributed by atoms with Crippen LogP contribution in [-0.4, -0.2) is 58.8 Å². The topological polar surface area (TPSA) is 107 Å². The van der Waals surface area contributed by atoms with E-state index in [2.05, 4.69) is 15.3 Å². The number of fused-ring (bicyclic) bond motifs is 1. The highest BCUT2D eigenvalue weighted by molar-refractivity contribution is 5.98. The molecule has 0 radical (unpaired) electrons. The lowest BCUT2D eigenvalue weighted by Gasteiger charge is -2.23. The molecule has 0 saturated carbocycles. The molecule has 4 rings (SSSR count). The van der Waals surface area contributed by atoms with Gasteiger partial charge in [0.05, 0.1) is 19.2 Å². The van der Waals surface area contributed by atoms with Gasteiger partial charge in [-0.15, -0.1) is 0 Å². The second-order valence-corrected chi connectivity index (χ2v) is 10.5. The molecule has 13 heteroatoms. The monoisotopic (exact) mass is 566 g/mol. The number of alkyl halides is 4. The summed E-state index contributed by atoms with van der Waals surface area (Å²) in [5.74, 6) is -0.602. The third-order valence-corrected chi connectivity index (χ3v) is 6.36. The Balaban J connectivity index is 1.83. The van der Waals surface area contributed by atoms with E-state index in [0.717, 1.165) is 6.07 Å². The van der Waals surface area contributed by atoms with Gasteiger partial charge >= 0.3 is 12.3 Å². The largest absolute Gasteiger partial charge is 0.494 e. The molecule has 9 nitrogen and oxygen atoms in total. The van der Waals surface area contributed by atoms with Crippen LogP contribution >= 0.6 is 0 Å². The first kappa shape index (κ1) is 29.1. The van der Waals surface area contributed by atoms with Crippen molar-refractivity contribution in [2.24, 2.45) is 0 Å². The normalized spacial score (nSPS) is 16.7. The minimum Gasteiger partial charge on any atom is -0.494 e. The number of hydrogen-bond donors (Lipinski definition) is 1. The molecular formula is C27H30F4N4O5. The first-order valence-corrected chi connectivity index (χ1v) is 12.7. The maximum atomic E-state index is 13.6. The Morgan fingerprint density at radius 1 is 1.18 bits per heavy atom. The van der Waals surface area contributed by atoms with Gasteiger partial charge in [-0.25, -0.2) is 19.2 Å². The Labute approximate surface area is 227 Å². The molecule has 2 amide bonds. The summed E-state index contributed by atoms with van der Waals surface area (Å²) in [4.78, 5) is 35.5. The van der Waals surface area contributed by atoms with Crippen LogP contribution in [0.15, 0.2) is 28.7 Å². The van der Waals surface area contributed by atoms with E-state index in [0.29, 0.717) is 19.4 Å². The number of benzene rings is 1. The van der Waals surface area contributed by atoms with Gasteiger partial charge < -0.3 is 24.1 Å². The van der Waals surface area contributed by atoms with Crippen molar-refractivity contribution in [1.29, 1.82) is 0 Å². The molecule has 0 unspecified atom stereocenters. The highest BCUT2D eigenvalue weighted by atomic mass is 19.4. The Kier molecular flexibility index (Phi) is 7.95. The van der Waals surface area contributed by atoms with Gasteiger partial charge in [0.15, 0.2) is 11.5 Å². The number of likely N-dealkylation sites (tertiary alicyclic amines) is 1. The number of aromatic nitrogens is 2. The average Bonchev–Trinajstić information content (AvgIpc) is 3.53. The van der Waals surface area contributed by atoms with Crippen LogP contribution in [0.4, 0.5) is 22.4 Å². The number of carbonyl (C=O) groups excluding carboxylic acids is 2. The molecule has 1 aliphatic rings. The molecule has 0 aliphatic carbocycles. The van der Waals surface area contributed by atoms with Gasteiger partial charge in [0.25, 0.3) is 5.91 Å². The van der Waals surface area contributed by atoms with Crippen molar-refractivity contribution in [3.63, 3.8) is 0 Å². The first-order chi connectivity index (χ1) is 18.7. The van der Waals surface area contributed by atoms with Crippen LogP contribution in [0.1, 0.15) is 68.5 Å². The van der Waals surface area contributed by atoms with Crippen molar-refractivity contribution in [2.45, 2.75) is 64.4 Å². The van der Waals surface area contributed by atoms with E-state index in [1.54, 1.807) is 27.7 Å². The SMILES string of the molecule is COc1ccc(-c2nc(C(=O)N3CCC[C@@H]3CF)c([C@@H](C)NC(=O)OC(C)(C)C)o2)c2ccc(C(F)(F)F)nc12. The quantitative estimate of drug-likeness (QED) is 0.361. The Morgan fingerprint density at radius 2 is 1.90 bits per heavy atom. The molecule has 1 N–H and O–H groups in total. The minimum absolute atomic E-state index is 0.0146. The standard InChI is InChI=1S/C27H30F4N4O5/c1-14(32-25(37)40-26(2,3)4)22-21(24(36)35-12-6-7-15(35)13-28)34-23(39-22)17-8-10-18(38-5)20-16(17)9-11-19(33-20)27(29,30)31/h8-11,14-15H,6-7,12-13H2,1-5H3,(H,32,37)/t14-,15-/m1/s1. The van der Waals surface area contributed by atoms with Crippen LogP contribution in [0.5, 0.6) is 5.75 Å². The van der Waals surface area contributed by atoms with Gasteiger partial charge in [0.2, 0.25) is 5.89 Å². The molecule has 2 aromatic heterocycles. The minimum atomic E-state index is -4.68. The van der Waals surface area contributed by atoms with E-state index in [9.17, 15) is 27.2 Å². The van der Waals surface area contributed by atoms with E-state index in [1.165, 1.54) is 30.2 Å². The van der Waals surface area contributed by atoms with Gasteiger partial charge in [-0.2, -0.15) is 13.2 Å². The van der Waals surface area contributed by atoms with E-state index < -0.39 is 48.2 Å². The fraction of sp³-hybridized carbons (Fsp3) is 0.481. The number of carbonyl (C=O) groups is 2. The summed E-state index contributed by atoms with van der Waals surface area (Å²) >= 11 is 0. The molecule has 216 valence electrons. The fourth-order valence-electron chi connectivity index (χ4n) is 4.54. The van der Waals surface area contributed by atoms with Crippen LogP contribution in [0.3, 0.4) is 0 Å². The summed E-state index contributed by atoms with van der Waals surface area (Å²) in [6.45, 7) is 6.22. The third-order valence-electron chi connectivity index (χ3n) is 6.36. The molecule has 3 aromatic rings. The molecule has 1 saturated heterocycles. The molecular weight excluding hydrogens is 536 g/mol. The number of hydrogen-bond acceptors (Lipinski definition) is 7. The lowest BCUT2D eigenvalue weighted by atomic mass is 10.1. The number of alkyl carbamates (subject to hydrolysis) is 1. The molecule has 1 fully saturated rings. The zero-order valence-electron chi connectivity index (χ0n) is 22.7. The van der Waals surface area contributed by atoms with Crippen molar-refractivity contribution in [3.05, 3.63) is 41.4 Å². The highest BCUT2D eigenvalue weighted by Gasteiger charge is 2.36. The number of nitrogens with zero attached hydrogens (tertiary/aromatic N) is 3. The number of ether oxygens (including phenoxy) is 2. The molecule has 1 aromatic carbocycles.